The minimum Gasteiger partial charge on any atom is -0.492 e. The van der Waals surface area contributed by atoms with Gasteiger partial charge in [0.25, 0.3) is 0 Å². The van der Waals surface area contributed by atoms with Crippen molar-refractivity contribution >= 4 is 28.6 Å². The summed E-state index contributed by atoms with van der Waals surface area (Å²) in [6, 6.07) is 1.79. The molecule has 1 aromatic rings. The van der Waals surface area contributed by atoms with E-state index in [9.17, 15) is 0 Å². The molecule has 0 saturated heterocycles. The van der Waals surface area contributed by atoms with E-state index < -0.39 is 0 Å². The molecule has 78 valence electrons. The summed E-state index contributed by atoms with van der Waals surface area (Å²) < 4.78 is 16.3. The lowest BCUT2D eigenvalue weighted by molar-refractivity contribution is 0.318. The molecule has 0 aliphatic heterocycles. The zero-order valence-corrected chi connectivity index (χ0v) is 10.6. The molecular formula is C9H11BrO3S. The number of rotatable bonds is 3. The van der Waals surface area contributed by atoms with Gasteiger partial charge in [0.2, 0.25) is 5.75 Å². The maximum Gasteiger partial charge on any atom is 0.205 e. The van der Waals surface area contributed by atoms with Gasteiger partial charge in [-0.05, 0) is 22.0 Å². The fraction of sp³-hybridized carbons (Fsp3) is 0.333. The predicted molar refractivity (Wildman–Crippen MR) is 61.1 cm³/mol. The SMILES string of the molecule is COc1c(S)cc(Br)c(OC)c1OC. The number of hydrogen-bond donors (Lipinski definition) is 1. The Balaban J connectivity index is 3.43. The van der Waals surface area contributed by atoms with Crippen LogP contribution in [0.3, 0.4) is 0 Å². The number of halogens is 1. The van der Waals surface area contributed by atoms with Crippen molar-refractivity contribution in [1.82, 2.24) is 0 Å². The largest absolute Gasteiger partial charge is 0.492 e. The van der Waals surface area contributed by atoms with Crippen molar-refractivity contribution < 1.29 is 14.2 Å². The molecule has 14 heavy (non-hydrogen) atoms. The first-order valence-corrected chi connectivity index (χ1v) is 5.07. The van der Waals surface area contributed by atoms with E-state index in [0.29, 0.717) is 22.1 Å². The van der Waals surface area contributed by atoms with Gasteiger partial charge in [0.1, 0.15) is 0 Å². The van der Waals surface area contributed by atoms with Gasteiger partial charge in [-0.15, -0.1) is 12.6 Å². The van der Waals surface area contributed by atoms with Gasteiger partial charge in [0, 0.05) is 0 Å². The Hall–Kier alpha value is -0.550. The summed E-state index contributed by atoms with van der Waals surface area (Å²) in [4.78, 5) is 0.692. The fourth-order valence-corrected chi connectivity index (χ4v) is 2.22. The summed E-state index contributed by atoms with van der Waals surface area (Å²) in [6.07, 6.45) is 0. The van der Waals surface area contributed by atoms with E-state index in [1.165, 1.54) is 0 Å². The lowest BCUT2D eigenvalue weighted by Gasteiger charge is -2.14. The summed E-state index contributed by atoms with van der Waals surface area (Å²) in [5.41, 5.74) is 0. The van der Waals surface area contributed by atoms with Crippen molar-refractivity contribution in [3.63, 3.8) is 0 Å². The van der Waals surface area contributed by atoms with Gasteiger partial charge >= 0.3 is 0 Å². The Morgan fingerprint density at radius 1 is 1.00 bits per heavy atom. The lowest BCUT2D eigenvalue weighted by atomic mass is 10.3. The molecular weight excluding hydrogens is 268 g/mol. The summed E-state index contributed by atoms with van der Waals surface area (Å²) in [6.45, 7) is 0. The summed E-state index contributed by atoms with van der Waals surface area (Å²) >= 11 is 7.62. The second-order valence-electron chi connectivity index (χ2n) is 2.48. The zero-order chi connectivity index (χ0) is 10.7. The van der Waals surface area contributed by atoms with Gasteiger partial charge in [-0.2, -0.15) is 0 Å². The van der Waals surface area contributed by atoms with Crippen LogP contribution in [0.15, 0.2) is 15.4 Å². The van der Waals surface area contributed by atoms with Gasteiger partial charge in [-0.1, -0.05) is 0 Å². The molecule has 0 atom stereocenters. The Kier molecular flexibility index (Phi) is 3.95. The molecule has 0 aliphatic carbocycles. The Bertz CT molecular complexity index is 313. The highest BCUT2D eigenvalue weighted by Crippen LogP contribution is 2.46. The third-order valence-electron chi connectivity index (χ3n) is 1.74. The van der Waals surface area contributed by atoms with Crippen LogP contribution >= 0.6 is 28.6 Å². The molecule has 0 heterocycles. The zero-order valence-electron chi connectivity index (χ0n) is 8.13. The average molecular weight is 279 g/mol. The molecule has 1 aromatic carbocycles. The molecule has 0 saturated carbocycles. The monoisotopic (exact) mass is 278 g/mol. The molecule has 0 aromatic heterocycles. The third-order valence-corrected chi connectivity index (χ3v) is 2.66. The first kappa shape index (κ1) is 11.5. The molecule has 0 radical (unpaired) electrons. The highest BCUT2D eigenvalue weighted by atomic mass is 79.9. The highest BCUT2D eigenvalue weighted by Gasteiger charge is 2.17. The molecule has 0 bridgehead atoms. The van der Waals surface area contributed by atoms with Crippen LogP contribution in [0.4, 0.5) is 0 Å². The van der Waals surface area contributed by atoms with Gasteiger partial charge in [0.05, 0.1) is 30.7 Å². The fourth-order valence-electron chi connectivity index (χ4n) is 1.15. The van der Waals surface area contributed by atoms with E-state index in [2.05, 4.69) is 28.6 Å². The Labute approximate surface area is 96.9 Å². The minimum absolute atomic E-state index is 0.536. The number of thiol groups is 1. The van der Waals surface area contributed by atoms with E-state index in [1.54, 1.807) is 27.4 Å². The minimum atomic E-state index is 0.536. The Morgan fingerprint density at radius 2 is 1.50 bits per heavy atom. The van der Waals surface area contributed by atoms with Gasteiger partial charge in [-0.25, -0.2) is 0 Å². The normalized spacial score (nSPS) is 9.79. The molecule has 0 spiro atoms. The van der Waals surface area contributed by atoms with Crippen LogP contribution in [0.5, 0.6) is 17.2 Å². The quantitative estimate of drug-likeness (QED) is 0.862. The van der Waals surface area contributed by atoms with Crippen LogP contribution in [0.25, 0.3) is 0 Å². The molecule has 0 aliphatic rings. The van der Waals surface area contributed by atoms with Crippen molar-refractivity contribution in [2.75, 3.05) is 21.3 Å². The standard InChI is InChI=1S/C9H11BrO3S/c1-11-7-5(10)4-6(14)8(12-2)9(7)13-3/h4,14H,1-3H3. The molecule has 0 N–H and O–H groups in total. The van der Waals surface area contributed by atoms with Crippen LogP contribution < -0.4 is 14.2 Å². The molecule has 1 rings (SSSR count). The lowest BCUT2D eigenvalue weighted by Crippen LogP contribution is -1.96. The van der Waals surface area contributed by atoms with Crippen molar-refractivity contribution in [1.29, 1.82) is 0 Å². The van der Waals surface area contributed by atoms with E-state index in [4.69, 9.17) is 14.2 Å². The third kappa shape index (κ3) is 1.93. The summed E-state index contributed by atoms with van der Waals surface area (Å²) in [5, 5.41) is 0. The van der Waals surface area contributed by atoms with Crippen molar-refractivity contribution in [2.45, 2.75) is 4.90 Å². The summed E-state index contributed by atoms with van der Waals surface area (Å²) in [7, 11) is 4.69. The highest BCUT2D eigenvalue weighted by molar-refractivity contribution is 9.10. The number of hydrogen-bond acceptors (Lipinski definition) is 4. The Morgan fingerprint density at radius 3 is 1.93 bits per heavy atom. The van der Waals surface area contributed by atoms with E-state index >= 15 is 0 Å². The molecule has 0 unspecified atom stereocenters. The van der Waals surface area contributed by atoms with E-state index in [-0.39, 0.29) is 0 Å². The van der Waals surface area contributed by atoms with Crippen molar-refractivity contribution in [3.8, 4) is 17.2 Å². The number of benzene rings is 1. The molecule has 3 nitrogen and oxygen atoms in total. The average Bonchev–Trinajstić information content (AvgIpc) is 2.16. The predicted octanol–water partition coefficient (Wildman–Crippen LogP) is 2.76. The second-order valence-corrected chi connectivity index (χ2v) is 3.81. The van der Waals surface area contributed by atoms with Crippen LogP contribution in [0.2, 0.25) is 0 Å². The number of methoxy groups -OCH3 is 3. The van der Waals surface area contributed by atoms with Crippen LogP contribution in [-0.4, -0.2) is 21.3 Å². The van der Waals surface area contributed by atoms with E-state index in [0.717, 1.165) is 4.47 Å². The van der Waals surface area contributed by atoms with Crippen LogP contribution in [-0.2, 0) is 0 Å². The van der Waals surface area contributed by atoms with Gasteiger partial charge in [-0.3, -0.25) is 0 Å². The van der Waals surface area contributed by atoms with Crippen LogP contribution in [0.1, 0.15) is 0 Å². The first-order valence-electron chi connectivity index (χ1n) is 3.83. The first-order chi connectivity index (χ1) is 6.65. The van der Waals surface area contributed by atoms with Gasteiger partial charge in [0.15, 0.2) is 11.5 Å². The topological polar surface area (TPSA) is 27.7 Å². The molecule has 0 fully saturated rings. The van der Waals surface area contributed by atoms with Crippen molar-refractivity contribution in [2.24, 2.45) is 0 Å². The van der Waals surface area contributed by atoms with E-state index in [1.807, 2.05) is 0 Å². The smallest absolute Gasteiger partial charge is 0.205 e. The van der Waals surface area contributed by atoms with Gasteiger partial charge < -0.3 is 14.2 Å². The molecule has 0 amide bonds. The second kappa shape index (κ2) is 4.79. The number of ether oxygens (including phenoxy) is 3. The molecule has 5 heteroatoms. The van der Waals surface area contributed by atoms with Crippen LogP contribution in [0, 0.1) is 0 Å². The van der Waals surface area contributed by atoms with Crippen molar-refractivity contribution in [3.05, 3.63) is 10.5 Å². The maximum atomic E-state index is 5.19. The summed E-state index contributed by atoms with van der Waals surface area (Å²) in [5.74, 6) is 1.70. The maximum absolute atomic E-state index is 5.19.